The summed E-state index contributed by atoms with van der Waals surface area (Å²) in [6.07, 6.45) is 23.4. The Kier molecular flexibility index (Phi) is 28.1. The lowest BCUT2D eigenvalue weighted by Gasteiger charge is -2.24. The molecule has 0 saturated heterocycles. The van der Waals surface area contributed by atoms with Crippen LogP contribution >= 0.6 is 7.82 Å². The number of rotatable bonds is 33. The highest BCUT2D eigenvalue weighted by Gasteiger charge is 2.26. The summed E-state index contributed by atoms with van der Waals surface area (Å²) in [5.74, 6) is -0.375. The number of hydrogen-bond acceptors (Lipinski definition) is 7. The summed E-state index contributed by atoms with van der Waals surface area (Å²) in [6.45, 7) is 3.26. The molecule has 9 nitrogen and oxygen atoms in total. The molecule has 0 fully saturated rings. The zero-order chi connectivity index (χ0) is 32.1. The van der Waals surface area contributed by atoms with Gasteiger partial charge in [0.1, 0.15) is 25.5 Å². The van der Waals surface area contributed by atoms with E-state index >= 15 is 0 Å². The first-order valence-electron chi connectivity index (χ1n) is 17.2. The summed E-state index contributed by atoms with van der Waals surface area (Å²) >= 11 is 0. The molecule has 43 heavy (non-hydrogen) atoms. The number of phosphoric acid groups is 1. The van der Waals surface area contributed by atoms with Gasteiger partial charge < -0.3 is 23.6 Å². The molecule has 0 rings (SSSR count). The molecule has 0 spiro atoms. The standard InChI is InChI=1S/C33H66NO8P/c1-5-6-7-8-9-10-11-12-13-14-15-18-21-24-28-39-30-32(31-41-43(37,38)40-29-26-34(2,3)4)42-33(36)25-22-19-16-17-20-23-27-35/h27,32H,5-26,28-31H2,1-4H3/p+1. The first-order chi connectivity index (χ1) is 20.6. The molecule has 0 amide bonds. The smallest absolute Gasteiger partial charge is 0.457 e. The molecule has 256 valence electrons. The van der Waals surface area contributed by atoms with E-state index in [0.717, 1.165) is 44.8 Å². The summed E-state index contributed by atoms with van der Waals surface area (Å²) in [5.41, 5.74) is 0. The first-order valence-corrected chi connectivity index (χ1v) is 18.7. The Morgan fingerprint density at radius 3 is 1.77 bits per heavy atom. The SMILES string of the molecule is CCCCCCCCCCCCCCCCOCC(COP(=O)(O)OCC[N+](C)(C)C)OC(=O)CCCCCCCC=O. The van der Waals surface area contributed by atoms with Crippen LogP contribution in [0.2, 0.25) is 0 Å². The number of ether oxygens (including phenoxy) is 2. The van der Waals surface area contributed by atoms with E-state index in [0.29, 0.717) is 30.5 Å². The molecule has 0 aliphatic rings. The van der Waals surface area contributed by atoms with Gasteiger partial charge in [-0.1, -0.05) is 110 Å². The topological polar surface area (TPSA) is 108 Å². The van der Waals surface area contributed by atoms with Gasteiger partial charge in [0.25, 0.3) is 0 Å². The van der Waals surface area contributed by atoms with Crippen LogP contribution < -0.4 is 0 Å². The Balaban J connectivity index is 4.23. The van der Waals surface area contributed by atoms with Crippen molar-refractivity contribution in [3.05, 3.63) is 0 Å². The van der Waals surface area contributed by atoms with E-state index in [-0.39, 0.29) is 32.2 Å². The summed E-state index contributed by atoms with van der Waals surface area (Å²) < 4.78 is 34.5. The van der Waals surface area contributed by atoms with Gasteiger partial charge in [0.15, 0.2) is 0 Å². The van der Waals surface area contributed by atoms with E-state index in [1.165, 1.54) is 77.0 Å². The van der Waals surface area contributed by atoms with Gasteiger partial charge in [-0.05, 0) is 19.3 Å². The predicted molar refractivity (Wildman–Crippen MR) is 174 cm³/mol. The van der Waals surface area contributed by atoms with Crippen molar-refractivity contribution >= 4 is 20.1 Å². The third kappa shape index (κ3) is 32.4. The van der Waals surface area contributed by atoms with Gasteiger partial charge in [-0.25, -0.2) is 4.57 Å². The van der Waals surface area contributed by atoms with Crippen molar-refractivity contribution in [2.75, 3.05) is 54.1 Å². The Morgan fingerprint density at radius 1 is 0.721 bits per heavy atom. The van der Waals surface area contributed by atoms with Crippen molar-refractivity contribution in [2.45, 2.75) is 148 Å². The summed E-state index contributed by atoms with van der Waals surface area (Å²) in [4.78, 5) is 32.9. The third-order valence-electron chi connectivity index (χ3n) is 7.39. The molecule has 0 bridgehead atoms. The van der Waals surface area contributed by atoms with E-state index in [1.54, 1.807) is 0 Å². The van der Waals surface area contributed by atoms with Crippen LogP contribution in [0.4, 0.5) is 0 Å². The molecular weight excluding hydrogens is 569 g/mol. The maximum Gasteiger partial charge on any atom is 0.472 e. The van der Waals surface area contributed by atoms with E-state index in [2.05, 4.69) is 6.92 Å². The largest absolute Gasteiger partial charge is 0.472 e. The molecule has 0 aliphatic heterocycles. The van der Waals surface area contributed by atoms with Crippen LogP contribution in [-0.4, -0.2) is 81.9 Å². The van der Waals surface area contributed by atoms with Gasteiger partial charge in [-0.2, -0.15) is 0 Å². The van der Waals surface area contributed by atoms with E-state index in [4.69, 9.17) is 18.5 Å². The van der Waals surface area contributed by atoms with Crippen LogP contribution in [0.5, 0.6) is 0 Å². The van der Waals surface area contributed by atoms with Crippen LogP contribution in [0.15, 0.2) is 0 Å². The van der Waals surface area contributed by atoms with Crippen LogP contribution in [0.1, 0.15) is 142 Å². The minimum absolute atomic E-state index is 0.0736. The molecule has 0 aliphatic carbocycles. The van der Waals surface area contributed by atoms with Crippen molar-refractivity contribution in [1.29, 1.82) is 0 Å². The Morgan fingerprint density at radius 2 is 1.23 bits per heavy atom. The van der Waals surface area contributed by atoms with Gasteiger partial charge >= 0.3 is 13.8 Å². The first kappa shape index (κ1) is 42.2. The summed E-state index contributed by atoms with van der Waals surface area (Å²) in [7, 11) is 1.61. The highest BCUT2D eigenvalue weighted by molar-refractivity contribution is 7.47. The number of quaternary nitrogens is 1. The molecule has 0 saturated carbocycles. The van der Waals surface area contributed by atoms with E-state index in [1.807, 2.05) is 21.1 Å². The quantitative estimate of drug-likeness (QED) is 0.0253. The molecule has 2 unspecified atom stereocenters. The number of nitrogens with zero attached hydrogens (tertiary/aromatic N) is 1. The summed E-state index contributed by atoms with van der Waals surface area (Å²) in [5, 5.41) is 0. The third-order valence-corrected chi connectivity index (χ3v) is 8.37. The Labute approximate surface area is 264 Å². The fourth-order valence-electron chi connectivity index (χ4n) is 4.65. The lowest BCUT2D eigenvalue weighted by atomic mass is 10.0. The average Bonchev–Trinajstić information content (AvgIpc) is 2.94. The maximum atomic E-state index is 12.4. The Hall–Kier alpha value is -0.830. The van der Waals surface area contributed by atoms with Gasteiger partial charge in [0.05, 0.1) is 34.4 Å². The van der Waals surface area contributed by atoms with Crippen molar-refractivity contribution in [2.24, 2.45) is 0 Å². The van der Waals surface area contributed by atoms with Crippen molar-refractivity contribution in [3.63, 3.8) is 0 Å². The molecule has 2 atom stereocenters. The number of likely N-dealkylation sites (N-methyl/N-ethyl adjacent to an activating group) is 1. The minimum Gasteiger partial charge on any atom is -0.457 e. The highest BCUT2D eigenvalue weighted by atomic mass is 31.2. The average molecular weight is 637 g/mol. The van der Waals surface area contributed by atoms with E-state index < -0.39 is 13.9 Å². The fourth-order valence-corrected chi connectivity index (χ4v) is 5.39. The number of hydrogen-bond donors (Lipinski definition) is 1. The van der Waals surface area contributed by atoms with Crippen LogP contribution in [-0.2, 0) is 32.7 Å². The molecule has 1 N–H and O–H groups in total. The monoisotopic (exact) mass is 636 g/mol. The maximum absolute atomic E-state index is 12.4. The normalized spacial score (nSPS) is 14.0. The molecule has 0 aromatic rings. The minimum atomic E-state index is -4.27. The van der Waals surface area contributed by atoms with Gasteiger partial charge in [0, 0.05) is 19.4 Å². The van der Waals surface area contributed by atoms with Crippen LogP contribution in [0, 0.1) is 0 Å². The number of carbonyl (C=O) groups is 2. The van der Waals surface area contributed by atoms with E-state index in [9.17, 15) is 19.0 Å². The molecule has 0 aromatic heterocycles. The van der Waals surface area contributed by atoms with Crippen molar-refractivity contribution < 1.29 is 42.1 Å². The molecule has 10 heteroatoms. The second-order valence-corrected chi connectivity index (χ2v) is 14.3. The molecule has 0 aromatic carbocycles. The molecule has 0 heterocycles. The lowest BCUT2D eigenvalue weighted by molar-refractivity contribution is -0.870. The zero-order valence-electron chi connectivity index (χ0n) is 28.2. The number of carbonyl (C=O) groups excluding carboxylic acids is 2. The molecule has 0 radical (unpaired) electrons. The zero-order valence-corrected chi connectivity index (χ0v) is 29.1. The summed E-state index contributed by atoms with van der Waals surface area (Å²) in [6, 6.07) is 0. The molecular formula is C33H67NO8P+. The number of phosphoric ester groups is 1. The second-order valence-electron chi connectivity index (χ2n) is 12.9. The Bertz CT molecular complexity index is 701. The number of unbranched alkanes of at least 4 members (excludes halogenated alkanes) is 18. The number of aldehydes is 1. The van der Waals surface area contributed by atoms with Crippen LogP contribution in [0.3, 0.4) is 0 Å². The number of esters is 1. The fraction of sp³-hybridized carbons (Fsp3) is 0.939. The van der Waals surface area contributed by atoms with Gasteiger partial charge in [-0.15, -0.1) is 0 Å². The highest BCUT2D eigenvalue weighted by Crippen LogP contribution is 2.43. The van der Waals surface area contributed by atoms with Crippen molar-refractivity contribution in [3.8, 4) is 0 Å². The van der Waals surface area contributed by atoms with Gasteiger partial charge in [-0.3, -0.25) is 13.8 Å². The second kappa shape index (κ2) is 28.6. The van der Waals surface area contributed by atoms with Crippen molar-refractivity contribution in [1.82, 2.24) is 0 Å². The lowest BCUT2D eigenvalue weighted by Crippen LogP contribution is -2.37. The van der Waals surface area contributed by atoms with Crippen LogP contribution in [0.25, 0.3) is 0 Å². The van der Waals surface area contributed by atoms with Gasteiger partial charge in [0.2, 0.25) is 0 Å². The predicted octanol–water partition coefficient (Wildman–Crippen LogP) is 8.17.